The highest BCUT2D eigenvalue weighted by Crippen LogP contribution is 2.17. The van der Waals surface area contributed by atoms with E-state index in [1.165, 1.54) is 6.20 Å². The lowest BCUT2D eigenvalue weighted by Crippen LogP contribution is -2.07. The first-order valence-corrected chi connectivity index (χ1v) is 5.86. The Balaban J connectivity index is 2.09. The molecule has 0 unspecified atom stereocenters. The number of benzene rings is 1. The van der Waals surface area contributed by atoms with Gasteiger partial charge in [0.2, 0.25) is 5.78 Å². The van der Waals surface area contributed by atoms with Gasteiger partial charge in [0, 0.05) is 23.5 Å². The number of fused-ring (bicyclic) bond motifs is 1. The third kappa shape index (κ3) is 2.04. The molecule has 2 N–H and O–H groups in total. The van der Waals surface area contributed by atoms with E-state index in [4.69, 9.17) is 5.73 Å². The van der Waals surface area contributed by atoms with E-state index in [1.807, 2.05) is 30.3 Å². The molecule has 3 aromatic rings. The molecule has 0 bridgehead atoms. The molecule has 0 saturated heterocycles. The van der Waals surface area contributed by atoms with Gasteiger partial charge in [-0.1, -0.05) is 24.3 Å². The zero-order valence-corrected chi connectivity index (χ0v) is 10.1. The Hall–Kier alpha value is -2.75. The van der Waals surface area contributed by atoms with Gasteiger partial charge in [-0.25, -0.2) is 4.98 Å². The van der Waals surface area contributed by atoms with E-state index >= 15 is 0 Å². The summed E-state index contributed by atoms with van der Waals surface area (Å²) in [5, 5.41) is 0.998. The molecule has 2 heterocycles. The Labute approximate surface area is 109 Å². The fourth-order valence-corrected chi connectivity index (χ4v) is 1.93. The first-order chi connectivity index (χ1) is 9.25. The second-order valence-corrected chi connectivity index (χ2v) is 4.18. The standard InChI is InChI=1S/C15H11N3O/c16-12-7-8-17-9-11(12)15(19)14-6-5-10-3-1-2-4-13(10)18-14/h1-9H,(H2,16,17). The second-order valence-electron chi connectivity index (χ2n) is 4.18. The fraction of sp³-hybridized carbons (Fsp3) is 0. The number of rotatable bonds is 2. The van der Waals surface area contributed by atoms with Crippen molar-refractivity contribution in [3.05, 3.63) is 66.1 Å². The van der Waals surface area contributed by atoms with E-state index in [9.17, 15) is 4.79 Å². The molecule has 0 aliphatic carbocycles. The van der Waals surface area contributed by atoms with Gasteiger partial charge in [-0.05, 0) is 18.2 Å². The molecular formula is C15H11N3O. The quantitative estimate of drug-likeness (QED) is 0.708. The molecule has 0 saturated carbocycles. The van der Waals surface area contributed by atoms with E-state index in [1.54, 1.807) is 18.3 Å². The number of nitrogen functional groups attached to an aromatic ring is 1. The SMILES string of the molecule is Nc1ccncc1C(=O)c1ccc2ccccc2n1. The number of aromatic nitrogens is 2. The lowest BCUT2D eigenvalue weighted by Gasteiger charge is -2.04. The van der Waals surface area contributed by atoms with Crippen molar-refractivity contribution in [2.45, 2.75) is 0 Å². The van der Waals surface area contributed by atoms with Crippen LogP contribution in [0.4, 0.5) is 5.69 Å². The van der Waals surface area contributed by atoms with Gasteiger partial charge in [0.1, 0.15) is 5.69 Å². The van der Waals surface area contributed by atoms with Gasteiger partial charge in [-0.3, -0.25) is 9.78 Å². The number of hydrogen-bond donors (Lipinski definition) is 1. The third-order valence-electron chi connectivity index (χ3n) is 2.93. The predicted octanol–water partition coefficient (Wildman–Crippen LogP) is 2.44. The second kappa shape index (κ2) is 4.49. The van der Waals surface area contributed by atoms with Crippen molar-refractivity contribution in [1.29, 1.82) is 0 Å². The van der Waals surface area contributed by atoms with Crippen molar-refractivity contribution in [2.24, 2.45) is 0 Å². The number of para-hydroxylation sites is 1. The van der Waals surface area contributed by atoms with Crippen molar-refractivity contribution in [3.63, 3.8) is 0 Å². The number of carbonyl (C=O) groups excluding carboxylic acids is 1. The summed E-state index contributed by atoms with van der Waals surface area (Å²) in [6.45, 7) is 0. The number of ketones is 1. The predicted molar refractivity (Wildman–Crippen MR) is 73.8 cm³/mol. The molecule has 0 aliphatic rings. The van der Waals surface area contributed by atoms with Crippen molar-refractivity contribution in [3.8, 4) is 0 Å². The Morgan fingerprint density at radius 2 is 1.89 bits per heavy atom. The molecule has 0 atom stereocenters. The third-order valence-corrected chi connectivity index (χ3v) is 2.93. The molecule has 1 aromatic carbocycles. The monoisotopic (exact) mass is 249 g/mol. The Kier molecular flexibility index (Phi) is 2.68. The van der Waals surface area contributed by atoms with Crippen LogP contribution in [0.15, 0.2) is 54.9 Å². The number of hydrogen-bond acceptors (Lipinski definition) is 4. The molecular weight excluding hydrogens is 238 g/mol. The smallest absolute Gasteiger partial charge is 0.214 e. The van der Waals surface area contributed by atoms with Gasteiger partial charge in [-0.2, -0.15) is 0 Å². The van der Waals surface area contributed by atoms with Crippen LogP contribution in [0.2, 0.25) is 0 Å². The molecule has 3 rings (SSSR count). The minimum absolute atomic E-state index is 0.212. The van der Waals surface area contributed by atoms with Crippen LogP contribution in [0.3, 0.4) is 0 Å². The minimum Gasteiger partial charge on any atom is -0.398 e. The van der Waals surface area contributed by atoms with Crippen LogP contribution in [0.5, 0.6) is 0 Å². The average Bonchev–Trinajstić information content (AvgIpc) is 2.46. The van der Waals surface area contributed by atoms with Crippen LogP contribution < -0.4 is 5.73 Å². The highest BCUT2D eigenvalue weighted by atomic mass is 16.1. The van der Waals surface area contributed by atoms with Crippen LogP contribution >= 0.6 is 0 Å². The van der Waals surface area contributed by atoms with Crippen molar-refractivity contribution >= 4 is 22.4 Å². The molecule has 0 radical (unpaired) electrons. The van der Waals surface area contributed by atoms with E-state index in [0.717, 1.165) is 10.9 Å². The number of nitrogens with zero attached hydrogens (tertiary/aromatic N) is 2. The molecule has 4 nitrogen and oxygen atoms in total. The van der Waals surface area contributed by atoms with Crippen LogP contribution in [0.1, 0.15) is 16.1 Å². The molecule has 92 valence electrons. The highest BCUT2D eigenvalue weighted by Gasteiger charge is 2.14. The van der Waals surface area contributed by atoms with Crippen LogP contribution in [0.25, 0.3) is 10.9 Å². The van der Waals surface area contributed by atoms with E-state index in [2.05, 4.69) is 9.97 Å². The summed E-state index contributed by atoms with van der Waals surface area (Å²) >= 11 is 0. The van der Waals surface area contributed by atoms with Crippen molar-refractivity contribution in [1.82, 2.24) is 9.97 Å². The summed E-state index contributed by atoms with van der Waals surface area (Å²) in [6, 6.07) is 12.8. The maximum Gasteiger partial charge on any atom is 0.214 e. The van der Waals surface area contributed by atoms with Crippen LogP contribution in [-0.4, -0.2) is 15.8 Å². The lowest BCUT2D eigenvalue weighted by atomic mass is 10.1. The van der Waals surface area contributed by atoms with E-state index < -0.39 is 0 Å². The molecule has 0 spiro atoms. The first-order valence-electron chi connectivity index (χ1n) is 5.86. The summed E-state index contributed by atoms with van der Waals surface area (Å²) in [5.74, 6) is -0.212. The van der Waals surface area contributed by atoms with Crippen molar-refractivity contribution in [2.75, 3.05) is 5.73 Å². The van der Waals surface area contributed by atoms with Gasteiger partial charge < -0.3 is 5.73 Å². The summed E-state index contributed by atoms with van der Waals surface area (Å²) in [4.78, 5) is 20.6. The summed E-state index contributed by atoms with van der Waals surface area (Å²) in [5.41, 5.74) is 7.74. The summed E-state index contributed by atoms with van der Waals surface area (Å²) in [6.07, 6.45) is 3.02. The molecule has 19 heavy (non-hydrogen) atoms. The lowest BCUT2D eigenvalue weighted by molar-refractivity contribution is 0.103. The van der Waals surface area contributed by atoms with E-state index in [-0.39, 0.29) is 5.78 Å². The maximum absolute atomic E-state index is 12.3. The van der Waals surface area contributed by atoms with Crippen LogP contribution in [-0.2, 0) is 0 Å². The molecule has 0 aliphatic heterocycles. The number of nitrogens with two attached hydrogens (primary N) is 1. The first kappa shape index (κ1) is 11.3. The number of pyridine rings is 2. The van der Waals surface area contributed by atoms with E-state index in [0.29, 0.717) is 16.9 Å². The van der Waals surface area contributed by atoms with Gasteiger partial charge in [0.05, 0.1) is 11.1 Å². The zero-order valence-electron chi connectivity index (χ0n) is 10.1. The van der Waals surface area contributed by atoms with Crippen molar-refractivity contribution < 1.29 is 4.79 Å². The summed E-state index contributed by atoms with van der Waals surface area (Å²) in [7, 11) is 0. The Bertz CT molecular complexity index is 768. The molecule has 0 fully saturated rings. The average molecular weight is 249 g/mol. The largest absolute Gasteiger partial charge is 0.398 e. The van der Waals surface area contributed by atoms with Gasteiger partial charge in [0.15, 0.2) is 0 Å². The molecule has 0 amide bonds. The molecule has 2 aromatic heterocycles. The zero-order chi connectivity index (χ0) is 13.2. The maximum atomic E-state index is 12.3. The molecule has 4 heteroatoms. The van der Waals surface area contributed by atoms with Crippen LogP contribution in [0, 0.1) is 0 Å². The normalized spacial score (nSPS) is 10.5. The van der Waals surface area contributed by atoms with Gasteiger partial charge in [-0.15, -0.1) is 0 Å². The highest BCUT2D eigenvalue weighted by molar-refractivity contribution is 6.11. The van der Waals surface area contributed by atoms with Gasteiger partial charge >= 0.3 is 0 Å². The Morgan fingerprint density at radius 3 is 2.74 bits per heavy atom. The Morgan fingerprint density at radius 1 is 1.05 bits per heavy atom. The van der Waals surface area contributed by atoms with Gasteiger partial charge in [0.25, 0.3) is 0 Å². The number of anilines is 1. The topological polar surface area (TPSA) is 68.9 Å². The number of carbonyl (C=O) groups is 1. The minimum atomic E-state index is -0.212. The fourth-order valence-electron chi connectivity index (χ4n) is 1.93. The summed E-state index contributed by atoms with van der Waals surface area (Å²) < 4.78 is 0.